The van der Waals surface area contributed by atoms with E-state index in [9.17, 15) is 0 Å². The number of thioether (sulfide) groups is 1. The summed E-state index contributed by atoms with van der Waals surface area (Å²) < 4.78 is 0. The fraction of sp³-hybridized carbons (Fsp3) is 0.833. The minimum absolute atomic E-state index is 0.201. The van der Waals surface area contributed by atoms with Gasteiger partial charge in [-0.3, -0.25) is 0 Å². The Hall–Kier alpha value is 0.270. The molecule has 1 saturated heterocycles. The third kappa shape index (κ3) is 2.16. The van der Waals surface area contributed by atoms with Crippen molar-refractivity contribution < 1.29 is 10.2 Å². The van der Waals surface area contributed by atoms with Crippen molar-refractivity contribution in [1.82, 2.24) is 0 Å². The Bertz CT molecular complexity index is 77.1. The van der Waals surface area contributed by atoms with Crippen molar-refractivity contribution in [3.63, 3.8) is 0 Å². The molecular formula is C6H11O2S. The van der Waals surface area contributed by atoms with Crippen LogP contribution in [0, 0.1) is 5.44 Å². The van der Waals surface area contributed by atoms with Crippen LogP contribution in [0.4, 0.5) is 0 Å². The molecule has 1 rings (SSSR count). The van der Waals surface area contributed by atoms with Gasteiger partial charge in [0.05, 0.1) is 6.10 Å². The van der Waals surface area contributed by atoms with E-state index in [0.717, 1.165) is 25.0 Å². The lowest BCUT2D eigenvalue weighted by Crippen LogP contribution is -2.12. The lowest BCUT2D eigenvalue weighted by atomic mass is 10.2. The number of hydrogen-bond acceptors (Lipinski definition) is 3. The minimum Gasteiger partial charge on any atom is -0.389 e. The molecular weight excluding hydrogens is 136 g/mol. The van der Waals surface area contributed by atoms with Crippen LogP contribution in [0.1, 0.15) is 19.3 Å². The van der Waals surface area contributed by atoms with Crippen molar-refractivity contribution in [2.45, 2.75) is 25.4 Å². The average molecular weight is 147 g/mol. The Morgan fingerprint density at radius 3 is 3.00 bits per heavy atom. The predicted octanol–water partition coefficient (Wildman–Crippen LogP) is 1.13. The van der Waals surface area contributed by atoms with Gasteiger partial charge in [-0.15, -0.1) is 11.8 Å². The van der Waals surface area contributed by atoms with Gasteiger partial charge in [-0.1, -0.05) is 0 Å². The minimum atomic E-state index is -0.572. The number of aliphatic hydroxyl groups is 2. The molecule has 2 nitrogen and oxygen atoms in total. The molecule has 2 N–H and O–H groups in total. The molecule has 1 aliphatic heterocycles. The van der Waals surface area contributed by atoms with Gasteiger partial charge in [0.15, 0.2) is 5.44 Å². The van der Waals surface area contributed by atoms with Gasteiger partial charge in [-0.25, -0.2) is 0 Å². The quantitative estimate of drug-likeness (QED) is 0.539. The Morgan fingerprint density at radius 1 is 1.44 bits per heavy atom. The van der Waals surface area contributed by atoms with E-state index < -0.39 is 6.10 Å². The summed E-state index contributed by atoms with van der Waals surface area (Å²) >= 11 is 1.37. The second-order valence-corrected chi connectivity index (χ2v) is 3.31. The van der Waals surface area contributed by atoms with Crippen LogP contribution in [0.5, 0.6) is 0 Å². The van der Waals surface area contributed by atoms with Crippen LogP contribution in [0.25, 0.3) is 0 Å². The molecule has 1 radical (unpaired) electrons. The smallest absolute Gasteiger partial charge is 0.177 e. The molecule has 53 valence electrons. The molecule has 1 fully saturated rings. The largest absolute Gasteiger partial charge is 0.389 e. The van der Waals surface area contributed by atoms with E-state index in [-0.39, 0.29) is 5.44 Å². The van der Waals surface area contributed by atoms with Crippen LogP contribution in [0.15, 0.2) is 0 Å². The first-order chi connectivity index (χ1) is 4.30. The zero-order valence-corrected chi connectivity index (χ0v) is 6.02. The number of aliphatic hydroxyl groups excluding tert-OH is 2. The fourth-order valence-electron chi connectivity index (χ4n) is 0.836. The first kappa shape index (κ1) is 7.38. The van der Waals surface area contributed by atoms with Crippen molar-refractivity contribution in [1.29, 1.82) is 0 Å². The van der Waals surface area contributed by atoms with Crippen molar-refractivity contribution in [3.8, 4) is 0 Å². The predicted molar refractivity (Wildman–Crippen MR) is 37.5 cm³/mol. The fourth-order valence-corrected chi connectivity index (χ4v) is 1.70. The van der Waals surface area contributed by atoms with Gasteiger partial charge >= 0.3 is 0 Å². The molecule has 0 aromatic carbocycles. The highest BCUT2D eigenvalue weighted by Gasteiger charge is 2.20. The SMILES string of the molecule is O[C]1SCCCCC1O. The van der Waals surface area contributed by atoms with Crippen LogP contribution in [0.2, 0.25) is 0 Å². The van der Waals surface area contributed by atoms with Gasteiger partial charge in [-0.05, 0) is 25.0 Å². The molecule has 0 aliphatic carbocycles. The summed E-state index contributed by atoms with van der Waals surface area (Å²) in [5, 5.41) is 18.0. The Labute approximate surface area is 59.3 Å². The highest BCUT2D eigenvalue weighted by molar-refractivity contribution is 8.01. The van der Waals surface area contributed by atoms with Gasteiger partial charge in [0.1, 0.15) is 0 Å². The van der Waals surface area contributed by atoms with Crippen molar-refractivity contribution in [3.05, 3.63) is 5.44 Å². The zero-order chi connectivity index (χ0) is 6.69. The summed E-state index contributed by atoms with van der Waals surface area (Å²) in [6.45, 7) is 0. The lowest BCUT2D eigenvalue weighted by molar-refractivity contribution is 0.124. The summed E-state index contributed by atoms with van der Waals surface area (Å²) in [6, 6.07) is 0. The molecule has 1 atom stereocenters. The highest BCUT2D eigenvalue weighted by atomic mass is 32.2. The lowest BCUT2D eigenvalue weighted by Gasteiger charge is -2.10. The van der Waals surface area contributed by atoms with Crippen molar-refractivity contribution in [2.75, 3.05) is 5.75 Å². The highest BCUT2D eigenvalue weighted by Crippen LogP contribution is 2.27. The first-order valence-corrected chi connectivity index (χ1v) is 4.16. The molecule has 1 unspecified atom stereocenters. The third-order valence-corrected chi connectivity index (χ3v) is 2.47. The Balaban J connectivity index is 2.32. The maximum Gasteiger partial charge on any atom is 0.177 e. The molecule has 0 aromatic rings. The van der Waals surface area contributed by atoms with E-state index in [0.29, 0.717) is 0 Å². The molecule has 3 heteroatoms. The first-order valence-electron chi connectivity index (χ1n) is 3.17. The molecule has 1 aliphatic rings. The molecule has 9 heavy (non-hydrogen) atoms. The van der Waals surface area contributed by atoms with Crippen molar-refractivity contribution in [2.24, 2.45) is 0 Å². The monoisotopic (exact) mass is 147 g/mol. The van der Waals surface area contributed by atoms with E-state index in [2.05, 4.69) is 0 Å². The maximum absolute atomic E-state index is 9.05. The van der Waals surface area contributed by atoms with E-state index in [1.54, 1.807) is 0 Å². The number of rotatable bonds is 0. The summed E-state index contributed by atoms with van der Waals surface area (Å²) in [5.41, 5.74) is 0.201. The summed E-state index contributed by atoms with van der Waals surface area (Å²) in [7, 11) is 0. The topological polar surface area (TPSA) is 40.5 Å². The third-order valence-electron chi connectivity index (χ3n) is 1.41. The second kappa shape index (κ2) is 3.44. The van der Waals surface area contributed by atoms with Crippen LogP contribution in [-0.4, -0.2) is 22.1 Å². The summed E-state index contributed by atoms with van der Waals surface area (Å²) in [4.78, 5) is 0. The van der Waals surface area contributed by atoms with Crippen LogP contribution < -0.4 is 0 Å². The molecule has 0 bridgehead atoms. The normalized spacial score (nSPS) is 32.0. The molecule has 0 saturated carbocycles. The van der Waals surface area contributed by atoms with E-state index >= 15 is 0 Å². The summed E-state index contributed by atoms with van der Waals surface area (Å²) in [5.74, 6) is 0.947. The van der Waals surface area contributed by atoms with Gasteiger partial charge < -0.3 is 10.2 Å². The van der Waals surface area contributed by atoms with Crippen LogP contribution in [0.3, 0.4) is 0 Å². The van der Waals surface area contributed by atoms with Gasteiger partial charge in [0.2, 0.25) is 0 Å². The maximum atomic E-state index is 9.05. The zero-order valence-electron chi connectivity index (χ0n) is 5.21. The molecule has 0 aromatic heterocycles. The van der Waals surface area contributed by atoms with E-state index in [1.165, 1.54) is 11.8 Å². The molecule has 1 heterocycles. The second-order valence-electron chi connectivity index (χ2n) is 2.20. The van der Waals surface area contributed by atoms with E-state index in [4.69, 9.17) is 10.2 Å². The van der Waals surface area contributed by atoms with Crippen LogP contribution in [-0.2, 0) is 0 Å². The van der Waals surface area contributed by atoms with Crippen LogP contribution >= 0.6 is 11.8 Å². The number of hydrogen-bond donors (Lipinski definition) is 2. The average Bonchev–Trinajstić information content (AvgIpc) is 1.99. The standard InChI is InChI=1S/C6H11O2S/c7-5-3-1-2-4-9-6(5)8/h5,7-8H,1-4H2. The Kier molecular flexibility index (Phi) is 2.82. The molecule has 0 amide bonds. The van der Waals surface area contributed by atoms with Gasteiger partial charge in [-0.2, -0.15) is 0 Å². The Morgan fingerprint density at radius 2 is 2.22 bits per heavy atom. The van der Waals surface area contributed by atoms with Crippen molar-refractivity contribution >= 4 is 11.8 Å². The van der Waals surface area contributed by atoms with E-state index in [1.807, 2.05) is 0 Å². The summed E-state index contributed by atoms with van der Waals surface area (Å²) in [6.07, 6.45) is 2.28. The molecule has 0 spiro atoms. The van der Waals surface area contributed by atoms with Gasteiger partial charge in [0.25, 0.3) is 0 Å². The van der Waals surface area contributed by atoms with Gasteiger partial charge in [0, 0.05) is 0 Å².